The van der Waals surface area contributed by atoms with Crippen molar-refractivity contribution in [2.45, 2.75) is 64.1 Å². The smallest absolute Gasteiger partial charge is 0.243 e. The van der Waals surface area contributed by atoms with E-state index in [-0.39, 0.29) is 42.9 Å². The molecular weight excluding hydrogens is 560 g/mol. The molecule has 1 heterocycles. The Morgan fingerprint density at radius 1 is 1.05 bits per heavy atom. The van der Waals surface area contributed by atoms with Gasteiger partial charge in [-0.15, -0.1) is 0 Å². The summed E-state index contributed by atoms with van der Waals surface area (Å²) in [6.45, 7) is 8.38. The van der Waals surface area contributed by atoms with Crippen molar-refractivity contribution in [3.8, 4) is 11.5 Å². The largest absolute Gasteiger partial charge is 0.454 e. The van der Waals surface area contributed by atoms with Gasteiger partial charge in [0.25, 0.3) is 0 Å². The number of sulfonamides is 1. The van der Waals surface area contributed by atoms with Crippen LogP contribution in [0.15, 0.2) is 53.4 Å². The molecule has 2 aromatic rings. The van der Waals surface area contributed by atoms with Crippen molar-refractivity contribution >= 4 is 21.8 Å². The van der Waals surface area contributed by atoms with Crippen LogP contribution in [-0.2, 0) is 26.0 Å². The van der Waals surface area contributed by atoms with Crippen LogP contribution in [0, 0.1) is 11.3 Å². The van der Waals surface area contributed by atoms with Gasteiger partial charge >= 0.3 is 0 Å². The summed E-state index contributed by atoms with van der Waals surface area (Å²) < 4.78 is 48.5. The third kappa shape index (κ3) is 8.90. The zero-order chi connectivity index (χ0) is 32.0. The molecule has 1 aliphatic rings. The Morgan fingerprint density at radius 2 is 1.71 bits per heavy atom. The number of nitrogens with zero attached hydrogens (tertiary/aromatic N) is 1. The lowest BCUT2D eigenvalue weighted by atomic mass is 9.85. The van der Waals surface area contributed by atoms with Crippen molar-refractivity contribution in [1.82, 2.24) is 20.3 Å². The molecule has 12 heteroatoms. The van der Waals surface area contributed by atoms with Crippen LogP contribution in [0.4, 0.5) is 0 Å². The Kier molecular flexibility index (Phi) is 10.8. The van der Waals surface area contributed by atoms with E-state index in [0.717, 1.165) is 9.87 Å². The number of carbonyl (C=O) groups is 2. The Hall–Kier alpha value is -3.19. The van der Waals surface area contributed by atoms with Gasteiger partial charge in [0, 0.05) is 19.2 Å². The summed E-state index contributed by atoms with van der Waals surface area (Å²) in [6.07, 6.45) is -2.44. The lowest BCUT2D eigenvalue weighted by Crippen LogP contribution is -2.59. The molecule has 0 fully saturated rings. The summed E-state index contributed by atoms with van der Waals surface area (Å²) >= 11 is 0. The molecule has 2 aromatic carbocycles. The highest BCUT2D eigenvalue weighted by Crippen LogP contribution is 2.35. The second-order valence-electron chi connectivity index (χ2n) is 11.8. The summed E-state index contributed by atoms with van der Waals surface area (Å²) in [6, 6.07) is 11.0. The molecule has 42 heavy (non-hydrogen) atoms. The van der Waals surface area contributed by atoms with Crippen molar-refractivity contribution < 1.29 is 34.0 Å². The number of aliphatic hydroxyl groups is 1. The summed E-state index contributed by atoms with van der Waals surface area (Å²) in [5.41, 5.74) is 0.0103. The number of likely N-dealkylation sites (N-methyl/N-ethyl adjacent to an activating group) is 1. The third-order valence-corrected chi connectivity index (χ3v) is 8.47. The lowest BCUT2D eigenvalue weighted by molar-refractivity contribution is -0.132. The molecule has 0 aromatic heterocycles. The molecule has 0 saturated heterocycles. The van der Waals surface area contributed by atoms with Gasteiger partial charge in [-0.2, -0.15) is 4.31 Å². The van der Waals surface area contributed by atoms with E-state index in [9.17, 15) is 23.1 Å². The summed E-state index contributed by atoms with van der Waals surface area (Å²) in [7, 11) is -2.59. The van der Waals surface area contributed by atoms with Gasteiger partial charge in [0.2, 0.25) is 28.6 Å². The highest BCUT2D eigenvalue weighted by Gasteiger charge is 2.37. The maximum absolute atomic E-state index is 13.9. The van der Waals surface area contributed by atoms with E-state index in [4.69, 9.17) is 10.8 Å². The van der Waals surface area contributed by atoms with Crippen molar-refractivity contribution in [2.24, 2.45) is 11.3 Å². The van der Waals surface area contributed by atoms with Crippen LogP contribution < -0.4 is 25.4 Å². The van der Waals surface area contributed by atoms with Gasteiger partial charge in [0.1, 0.15) is 6.04 Å². The summed E-state index contributed by atoms with van der Waals surface area (Å²) in [5, 5.41) is 19.9. The Morgan fingerprint density at radius 3 is 2.33 bits per heavy atom. The lowest BCUT2D eigenvalue weighted by Gasteiger charge is -2.34. The third-order valence-electron chi connectivity index (χ3n) is 6.66. The summed E-state index contributed by atoms with van der Waals surface area (Å²) in [5.74, 6) is -0.426. The number of nitrogens with one attached hydrogen (secondary N) is 3. The predicted molar refractivity (Wildman–Crippen MR) is 160 cm³/mol. The molecule has 11 nitrogen and oxygen atoms in total. The second kappa shape index (κ2) is 14.3. The second-order valence-corrected chi connectivity index (χ2v) is 13.8. The molecule has 0 radical (unpaired) electrons. The number of ether oxygens (including phenoxy) is 2. The number of benzene rings is 2. The van der Waals surface area contributed by atoms with E-state index < -0.39 is 52.0 Å². The topological polar surface area (TPSA) is 146 Å². The van der Waals surface area contributed by atoms with Gasteiger partial charge in [-0.05, 0) is 42.5 Å². The average Bonchev–Trinajstić information content (AvgIpc) is 3.39. The highest BCUT2D eigenvalue weighted by atomic mass is 32.2. The van der Waals surface area contributed by atoms with Gasteiger partial charge in [-0.3, -0.25) is 9.59 Å². The van der Waals surface area contributed by atoms with Crippen molar-refractivity contribution in [2.75, 3.05) is 33.5 Å². The molecule has 3 rings (SSSR count). The van der Waals surface area contributed by atoms with Gasteiger partial charge in [0.15, 0.2) is 11.5 Å². The molecule has 3 atom stereocenters. The van der Waals surface area contributed by atoms with Crippen LogP contribution >= 0.6 is 0 Å². The molecule has 0 spiro atoms. The number of carbonyl (C=O) groups excluding carboxylic acids is 2. The minimum absolute atomic E-state index is 0.00241. The van der Waals surface area contributed by atoms with Crippen molar-refractivity contribution in [3.63, 3.8) is 0 Å². The van der Waals surface area contributed by atoms with E-state index in [1.165, 1.54) is 18.2 Å². The molecule has 0 bridgehead atoms. The number of hydrogen-bond donors (Lipinski definition) is 4. The molecule has 2 amide bonds. The zero-order valence-corrected chi connectivity index (χ0v) is 26.0. The fourth-order valence-electron chi connectivity index (χ4n) is 4.54. The average molecular weight is 607 g/mol. The molecule has 232 valence electrons. The van der Waals surface area contributed by atoms with Crippen LogP contribution in [-0.4, -0.2) is 81.3 Å². The summed E-state index contributed by atoms with van der Waals surface area (Å²) in [4.78, 5) is 26.0. The fourth-order valence-corrected chi connectivity index (χ4v) is 6.13. The molecule has 0 saturated carbocycles. The number of amides is 2. The normalized spacial score (nSPS) is 16.5. The van der Waals surface area contributed by atoms with E-state index >= 15 is 0 Å². The minimum atomic E-state index is -4.21. The van der Waals surface area contributed by atoms with E-state index in [2.05, 4.69) is 16.0 Å². The van der Waals surface area contributed by atoms with Crippen LogP contribution in [0.3, 0.4) is 0 Å². The highest BCUT2D eigenvalue weighted by molar-refractivity contribution is 7.89. The molecular formula is C30H44N4O7S. The quantitative estimate of drug-likeness (QED) is 0.255. The van der Waals surface area contributed by atoms with Gasteiger partial charge in [-0.25, -0.2) is 8.42 Å². The Labute approximate surface area is 250 Å². The minimum Gasteiger partial charge on any atom is -0.454 e. The molecule has 0 aliphatic carbocycles. The first-order chi connectivity index (χ1) is 20.0. The SMILES string of the molecule is [3H][C@@](O)(CN(CC(C)C)S(=O)(=O)c1ccc2c(c1)OCO2)[C@H](Cc1ccccc1)NC(=O)[C@@H](NC(=O)CNC)C(C)(C)C. The Bertz CT molecular complexity index is 1360. The van der Waals surface area contributed by atoms with Crippen LogP contribution in [0.1, 0.15) is 41.6 Å². The first-order valence-electron chi connectivity index (χ1n) is 14.4. The predicted octanol–water partition coefficient (Wildman–Crippen LogP) is 1.90. The first kappa shape index (κ1) is 31.7. The fraction of sp³-hybridized carbons (Fsp3) is 0.533. The Balaban J connectivity index is 1.96. The number of rotatable bonds is 14. The maximum Gasteiger partial charge on any atom is 0.243 e. The monoisotopic (exact) mass is 606 g/mol. The van der Waals surface area contributed by atoms with Gasteiger partial charge in [-0.1, -0.05) is 65.0 Å². The standard InChI is InChI=1S/C30H44N4O7S/c1-20(2)17-34(42(38,39)22-12-13-25-26(15-22)41-19-40-25)18-24(35)23(14-21-10-8-7-9-11-21)32-29(37)28(30(3,4)5)33-27(36)16-31-6/h7-13,15,20,23-24,28,31,35H,14,16-19H2,1-6H3,(H,32,37)(H,33,36)/t23-,24+,28+/m0/s1/i24T. The van der Waals surface area contributed by atoms with Crippen LogP contribution in [0.5, 0.6) is 11.5 Å². The molecule has 0 unspecified atom stereocenters. The molecule has 4 N–H and O–H groups in total. The van der Waals surface area contributed by atoms with E-state index in [1.807, 2.05) is 19.9 Å². The zero-order valence-electron chi connectivity index (χ0n) is 26.1. The number of fused-ring (bicyclic) bond motifs is 1. The molecule has 1 aliphatic heterocycles. The van der Waals surface area contributed by atoms with Gasteiger partial charge < -0.3 is 30.5 Å². The van der Waals surface area contributed by atoms with E-state index in [0.29, 0.717) is 5.75 Å². The first-order valence-corrected chi connectivity index (χ1v) is 15.4. The van der Waals surface area contributed by atoms with Gasteiger partial charge in [0.05, 0.1) is 24.9 Å². The number of hydrogen-bond acceptors (Lipinski definition) is 8. The van der Waals surface area contributed by atoms with Crippen LogP contribution in [0.25, 0.3) is 0 Å². The maximum atomic E-state index is 13.9. The van der Waals surface area contributed by atoms with Crippen molar-refractivity contribution in [3.05, 3.63) is 54.1 Å². The van der Waals surface area contributed by atoms with Crippen LogP contribution in [0.2, 0.25) is 0 Å². The van der Waals surface area contributed by atoms with E-state index in [1.54, 1.807) is 52.1 Å². The van der Waals surface area contributed by atoms with Crippen molar-refractivity contribution in [1.29, 1.82) is 0 Å².